The quantitative estimate of drug-likeness (QED) is 0.753. The van der Waals surface area contributed by atoms with Crippen LogP contribution in [0.1, 0.15) is 23.7 Å². The summed E-state index contributed by atoms with van der Waals surface area (Å²) >= 11 is 0. The monoisotopic (exact) mass is 192 g/mol. The Hall–Kier alpha value is -1.84. The van der Waals surface area contributed by atoms with E-state index in [1.807, 2.05) is 0 Å². The second kappa shape index (κ2) is 4.41. The van der Waals surface area contributed by atoms with E-state index in [2.05, 4.69) is 5.32 Å². The Morgan fingerprint density at radius 1 is 1.36 bits per heavy atom. The standard InChI is InChI=1S/C10H11NO3/c1-2-9(12)11-8-6-4-3-5-7(8)10(13)14/h3-6H,2H2,1H3,(H,11,12)(H,13,14)/p-1. The number of nitrogens with one attached hydrogen (secondary N) is 1. The molecule has 0 aromatic heterocycles. The number of carbonyl (C=O) groups excluding carboxylic acids is 2. The number of carboxylic acids is 1. The van der Waals surface area contributed by atoms with Crippen LogP contribution in [0.15, 0.2) is 24.3 Å². The van der Waals surface area contributed by atoms with E-state index in [0.29, 0.717) is 6.42 Å². The Balaban J connectivity index is 2.95. The highest BCUT2D eigenvalue weighted by Gasteiger charge is 2.04. The average Bonchev–Trinajstić information content (AvgIpc) is 2.18. The van der Waals surface area contributed by atoms with Crippen molar-refractivity contribution in [3.8, 4) is 0 Å². The summed E-state index contributed by atoms with van der Waals surface area (Å²) in [6.07, 6.45) is 0.307. The van der Waals surface area contributed by atoms with Crippen LogP contribution < -0.4 is 10.4 Å². The third-order valence-electron chi connectivity index (χ3n) is 1.74. The van der Waals surface area contributed by atoms with Crippen LogP contribution in [-0.4, -0.2) is 11.9 Å². The van der Waals surface area contributed by atoms with Gasteiger partial charge in [0.05, 0.1) is 5.97 Å². The predicted octanol–water partition coefficient (Wildman–Crippen LogP) is 0.399. The molecule has 1 aromatic rings. The fourth-order valence-corrected chi connectivity index (χ4v) is 1.01. The average molecular weight is 192 g/mol. The maximum atomic E-state index is 11.0. The van der Waals surface area contributed by atoms with Gasteiger partial charge in [-0.25, -0.2) is 0 Å². The Labute approximate surface area is 81.6 Å². The molecule has 14 heavy (non-hydrogen) atoms. The summed E-state index contributed by atoms with van der Waals surface area (Å²) in [7, 11) is 0. The van der Waals surface area contributed by atoms with Gasteiger partial charge in [0.2, 0.25) is 5.91 Å². The van der Waals surface area contributed by atoms with Crippen LogP contribution in [0, 0.1) is 0 Å². The van der Waals surface area contributed by atoms with Crippen molar-refractivity contribution in [3.05, 3.63) is 29.8 Å². The molecule has 0 aliphatic rings. The highest BCUT2D eigenvalue weighted by molar-refractivity contribution is 5.99. The third kappa shape index (κ3) is 2.32. The fourth-order valence-electron chi connectivity index (χ4n) is 1.01. The van der Waals surface area contributed by atoms with Crippen molar-refractivity contribution >= 4 is 17.6 Å². The Morgan fingerprint density at radius 2 is 2.00 bits per heavy atom. The van der Waals surface area contributed by atoms with Crippen LogP contribution >= 0.6 is 0 Å². The number of carbonyl (C=O) groups is 2. The van der Waals surface area contributed by atoms with Crippen molar-refractivity contribution in [2.24, 2.45) is 0 Å². The Morgan fingerprint density at radius 3 is 2.57 bits per heavy atom. The van der Waals surface area contributed by atoms with Crippen molar-refractivity contribution < 1.29 is 14.7 Å². The molecule has 1 rings (SSSR count). The zero-order valence-corrected chi connectivity index (χ0v) is 7.74. The van der Waals surface area contributed by atoms with Crippen molar-refractivity contribution in [1.29, 1.82) is 0 Å². The Bertz CT molecular complexity index is 360. The molecule has 0 unspecified atom stereocenters. The largest absolute Gasteiger partial charge is 0.545 e. The molecule has 1 N–H and O–H groups in total. The van der Waals surface area contributed by atoms with Gasteiger partial charge < -0.3 is 15.2 Å². The van der Waals surface area contributed by atoms with E-state index >= 15 is 0 Å². The molecule has 0 fully saturated rings. The van der Waals surface area contributed by atoms with Gasteiger partial charge in [-0.3, -0.25) is 4.79 Å². The molecule has 0 aliphatic heterocycles. The summed E-state index contributed by atoms with van der Waals surface area (Å²) in [5.41, 5.74) is 0.272. The van der Waals surface area contributed by atoms with E-state index < -0.39 is 5.97 Å². The van der Waals surface area contributed by atoms with Crippen LogP contribution in [-0.2, 0) is 4.79 Å². The molecule has 0 spiro atoms. The molecule has 0 saturated carbocycles. The molecule has 1 aromatic carbocycles. The molecule has 0 bridgehead atoms. The molecule has 0 heterocycles. The van der Waals surface area contributed by atoms with E-state index in [9.17, 15) is 14.7 Å². The number of hydrogen-bond donors (Lipinski definition) is 1. The van der Waals surface area contributed by atoms with Gasteiger partial charge in [0.25, 0.3) is 0 Å². The number of aromatic carboxylic acids is 1. The molecular weight excluding hydrogens is 182 g/mol. The third-order valence-corrected chi connectivity index (χ3v) is 1.74. The second-order valence-electron chi connectivity index (χ2n) is 2.73. The fraction of sp³-hybridized carbons (Fsp3) is 0.200. The molecule has 4 nitrogen and oxygen atoms in total. The summed E-state index contributed by atoms with van der Waals surface area (Å²) in [6.45, 7) is 1.69. The van der Waals surface area contributed by atoms with Gasteiger partial charge in [-0.2, -0.15) is 0 Å². The maximum absolute atomic E-state index is 11.0. The van der Waals surface area contributed by atoms with Crippen molar-refractivity contribution in [1.82, 2.24) is 0 Å². The van der Waals surface area contributed by atoms with Crippen molar-refractivity contribution in [3.63, 3.8) is 0 Å². The summed E-state index contributed by atoms with van der Waals surface area (Å²) in [5, 5.41) is 13.1. The smallest absolute Gasteiger partial charge is 0.224 e. The van der Waals surface area contributed by atoms with Crippen molar-refractivity contribution in [2.75, 3.05) is 5.32 Å². The summed E-state index contributed by atoms with van der Waals surface area (Å²) < 4.78 is 0. The summed E-state index contributed by atoms with van der Waals surface area (Å²) in [6, 6.07) is 6.14. The number of para-hydroxylation sites is 1. The maximum Gasteiger partial charge on any atom is 0.224 e. The zero-order valence-electron chi connectivity index (χ0n) is 7.74. The molecule has 4 heteroatoms. The molecule has 74 valence electrons. The predicted molar refractivity (Wildman–Crippen MR) is 49.7 cm³/mol. The highest BCUT2D eigenvalue weighted by Crippen LogP contribution is 2.13. The lowest BCUT2D eigenvalue weighted by molar-refractivity contribution is -0.254. The number of benzene rings is 1. The first-order chi connectivity index (χ1) is 6.65. The number of rotatable bonds is 3. The second-order valence-corrected chi connectivity index (χ2v) is 2.73. The summed E-state index contributed by atoms with van der Waals surface area (Å²) in [4.78, 5) is 21.7. The molecule has 0 aliphatic carbocycles. The lowest BCUT2D eigenvalue weighted by atomic mass is 10.2. The molecule has 0 atom stereocenters. The number of amides is 1. The molecule has 0 saturated heterocycles. The first-order valence-electron chi connectivity index (χ1n) is 4.25. The van der Waals surface area contributed by atoms with Crippen LogP contribution in [0.4, 0.5) is 5.69 Å². The van der Waals surface area contributed by atoms with Crippen molar-refractivity contribution in [2.45, 2.75) is 13.3 Å². The van der Waals surface area contributed by atoms with E-state index in [1.165, 1.54) is 12.1 Å². The van der Waals surface area contributed by atoms with E-state index in [0.717, 1.165) is 0 Å². The lowest BCUT2D eigenvalue weighted by Gasteiger charge is -2.10. The van der Waals surface area contributed by atoms with E-state index in [4.69, 9.17) is 0 Å². The minimum atomic E-state index is -1.29. The molecule has 1 amide bonds. The first kappa shape index (κ1) is 10.2. The van der Waals surface area contributed by atoms with Gasteiger partial charge in [-0.15, -0.1) is 0 Å². The topological polar surface area (TPSA) is 69.2 Å². The number of carboxylic acid groups (broad SMARTS) is 1. The van der Waals surface area contributed by atoms with Gasteiger partial charge in [-0.05, 0) is 6.07 Å². The zero-order chi connectivity index (χ0) is 10.6. The highest BCUT2D eigenvalue weighted by atomic mass is 16.4. The lowest BCUT2D eigenvalue weighted by Crippen LogP contribution is -2.24. The van der Waals surface area contributed by atoms with Crippen LogP contribution in [0.25, 0.3) is 0 Å². The van der Waals surface area contributed by atoms with Gasteiger partial charge in [0.1, 0.15) is 0 Å². The van der Waals surface area contributed by atoms with Crippen LogP contribution in [0.3, 0.4) is 0 Å². The SMILES string of the molecule is CCC(=O)Nc1ccccc1C(=O)[O-]. The van der Waals surface area contributed by atoms with Gasteiger partial charge in [0, 0.05) is 17.7 Å². The number of hydrogen-bond acceptors (Lipinski definition) is 3. The molecular formula is C10H10NO3-. The summed E-state index contributed by atoms with van der Waals surface area (Å²) in [5.74, 6) is -1.52. The van der Waals surface area contributed by atoms with E-state index in [-0.39, 0.29) is 17.2 Å². The molecule has 0 radical (unpaired) electrons. The minimum Gasteiger partial charge on any atom is -0.545 e. The van der Waals surface area contributed by atoms with Gasteiger partial charge in [0.15, 0.2) is 0 Å². The van der Waals surface area contributed by atoms with Crippen LogP contribution in [0.2, 0.25) is 0 Å². The van der Waals surface area contributed by atoms with E-state index in [1.54, 1.807) is 19.1 Å². The van der Waals surface area contributed by atoms with Gasteiger partial charge >= 0.3 is 0 Å². The van der Waals surface area contributed by atoms with Crippen LogP contribution in [0.5, 0.6) is 0 Å². The normalized spacial score (nSPS) is 9.50. The minimum absolute atomic E-state index is 0.00528. The Kier molecular flexibility index (Phi) is 3.23. The number of anilines is 1. The first-order valence-corrected chi connectivity index (χ1v) is 4.25. The van der Waals surface area contributed by atoms with Gasteiger partial charge in [-0.1, -0.05) is 25.1 Å².